The second-order valence-corrected chi connectivity index (χ2v) is 5.93. The van der Waals surface area contributed by atoms with Crippen molar-refractivity contribution < 1.29 is 40.9 Å². The van der Waals surface area contributed by atoms with E-state index in [0.29, 0.717) is 19.3 Å². The van der Waals surface area contributed by atoms with Crippen molar-refractivity contribution in [1.82, 2.24) is 0 Å². The van der Waals surface area contributed by atoms with Crippen molar-refractivity contribution in [3.63, 3.8) is 0 Å². The summed E-state index contributed by atoms with van der Waals surface area (Å²) in [4.78, 5) is 0. The lowest BCUT2D eigenvalue weighted by Crippen LogP contribution is -2.32. The van der Waals surface area contributed by atoms with Gasteiger partial charge in [0.1, 0.15) is 0 Å². The molecule has 0 saturated heterocycles. The van der Waals surface area contributed by atoms with E-state index in [1.807, 2.05) is 20.8 Å². The lowest BCUT2D eigenvalue weighted by molar-refractivity contribution is -0.0453. The molecule has 0 aromatic carbocycles. The van der Waals surface area contributed by atoms with Crippen molar-refractivity contribution in [2.24, 2.45) is 10.8 Å². The molecule has 0 aromatic heterocycles. The number of hydrogen-bond acceptors (Lipinski definition) is 8. The highest BCUT2D eigenvalue weighted by Crippen LogP contribution is 2.18. The van der Waals surface area contributed by atoms with Crippen molar-refractivity contribution in [3.05, 3.63) is 0 Å². The van der Waals surface area contributed by atoms with Gasteiger partial charge >= 0.3 is 0 Å². The molecule has 0 unspecified atom stereocenters. The second kappa shape index (κ2) is 17.5. The zero-order valence-electron chi connectivity index (χ0n) is 15.2. The molecule has 8 heteroatoms. The van der Waals surface area contributed by atoms with E-state index in [1.54, 1.807) is 0 Å². The molecule has 0 atom stereocenters. The Kier molecular flexibility index (Phi) is 20.8. The first-order valence-corrected chi connectivity index (χ1v) is 8.27. The summed E-state index contributed by atoms with van der Waals surface area (Å²) in [5, 5.41) is 68.2. The van der Waals surface area contributed by atoms with E-state index in [1.165, 1.54) is 0 Å². The highest BCUT2D eigenvalue weighted by Gasteiger charge is 2.25. The number of hydrogen-bond donors (Lipinski definition) is 8. The molecule has 8 nitrogen and oxygen atoms in total. The molecule has 0 rings (SSSR count). The van der Waals surface area contributed by atoms with Crippen molar-refractivity contribution in [1.29, 1.82) is 0 Å². The summed E-state index contributed by atoms with van der Waals surface area (Å²) in [6, 6.07) is 0. The first kappa shape index (κ1) is 28.5. The van der Waals surface area contributed by atoms with Crippen LogP contribution in [0.4, 0.5) is 0 Å². The summed E-state index contributed by atoms with van der Waals surface area (Å²) in [5.41, 5.74) is -1.33. The third kappa shape index (κ3) is 13.0. The van der Waals surface area contributed by atoms with Gasteiger partial charge in [0.15, 0.2) is 6.29 Å². The van der Waals surface area contributed by atoms with Gasteiger partial charge in [0.25, 0.3) is 0 Å². The molecule has 150 valence electrons. The minimum absolute atomic E-state index is 0.156. The molecule has 0 aliphatic rings. The summed E-state index contributed by atoms with van der Waals surface area (Å²) >= 11 is 0. The van der Waals surface area contributed by atoms with Crippen LogP contribution in [0.1, 0.15) is 46.5 Å². The summed E-state index contributed by atoms with van der Waals surface area (Å²) in [6.45, 7) is 4.61. The van der Waals surface area contributed by atoms with Crippen molar-refractivity contribution in [2.75, 3.05) is 39.6 Å². The van der Waals surface area contributed by atoms with Crippen molar-refractivity contribution in [3.8, 4) is 0 Å². The van der Waals surface area contributed by atoms with Crippen LogP contribution < -0.4 is 0 Å². The average molecular weight is 358 g/mol. The standard InChI is InChI=1S/2C6H14O3.C4H10O2/c2*1-2-6(3-7,4-8)5-9;1-2-3-4(5)6/h2*7-9H,2-5H2,1H3;4-6H,2-3H2,1H3. The van der Waals surface area contributed by atoms with Gasteiger partial charge in [-0.05, 0) is 19.3 Å². The van der Waals surface area contributed by atoms with E-state index < -0.39 is 17.1 Å². The summed E-state index contributed by atoms with van der Waals surface area (Å²) in [7, 11) is 0. The molecule has 24 heavy (non-hydrogen) atoms. The molecule has 0 amide bonds. The Hall–Kier alpha value is -0.320. The second-order valence-electron chi connectivity index (χ2n) is 5.93. The number of rotatable bonds is 10. The molecule has 0 aliphatic carbocycles. The van der Waals surface area contributed by atoms with Crippen molar-refractivity contribution >= 4 is 0 Å². The van der Waals surface area contributed by atoms with Gasteiger partial charge in [-0.1, -0.05) is 27.2 Å². The summed E-state index contributed by atoms with van der Waals surface area (Å²) in [5.74, 6) is 0. The van der Waals surface area contributed by atoms with Crippen LogP contribution in [0.25, 0.3) is 0 Å². The molecule has 0 radical (unpaired) electrons. The minimum Gasteiger partial charge on any atom is -0.396 e. The topological polar surface area (TPSA) is 162 Å². The zero-order valence-corrected chi connectivity index (χ0v) is 15.2. The molecule has 0 spiro atoms. The van der Waals surface area contributed by atoms with Crippen LogP contribution in [0.5, 0.6) is 0 Å². The Morgan fingerprint density at radius 1 is 0.583 bits per heavy atom. The molecular weight excluding hydrogens is 320 g/mol. The van der Waals surface area contributed by atoms with Crippen LogP contribution in [-0.2, 0) is 0 Å². The zero-order chi connectivity index (χ0) is 19.6. The van der Waals surface area contributed by atoms with E-state index in [2.05, 4.69) is 0 Å². The van der Waals surface area contributed by atoms with Gasteiger partial charge < -0.3 is 40.9 Å². The average Bonchev–Trinajstić information content (AvgIpc) is 2.61. The van der Waals surface area contributed by atoms with Crippen LogP contribution in [0.2, 0.25) is 0 Å². The van der Waals surface area contributed by atoms with E-state index in [-0.39, 0.29) is 39.6 Å². The molecular formula is C16H38O8. The monoisotopic (exact) mass is 358 g/mol. The molecule has 0 aliphatic heterocycles. The van der Waals surface area contributed by atoms with E-state index in [9.17, 15) is 0 Å². The minimum atomic E-state index is -1.10. The highest BCUT2D eigenvalue weighted by molar-refractivity contribution is 4.74. The fraction of sp³-hybridized carbons (Fsp3) is 1.00. The fourth-order valence-corrected chi connectivity index (χ4v) is 1.23. The lowest BCUT2D eigenvalue weighted by Gasteiger charge is -2.24. The summed E-state index contributed by atoms with van der Waals surface area (Å²) < 4.78 is 0. The normalized spacial score (nSPS) is 11.5. The maximum atomic E-state index is 8.66. The maximum Gasteiger partial charge on any atom is 0.151 e. The Morgan fingerprint density at radius 2 is 0.833 bits per heavy atom. The Labute approximate surface area is 145 Å². The quantitative estimate of drug-likeness (QED) is 0.226. The SMILES string of the molecule is CCC(CO)(CO)CO.CCC(CO)(CO)CO.CCCC(O)O. The first-order valence-electron chi connectivity index (χ1n) is 8.27. The Bertz CT molecular complexity index is 185. The van der Waals surface area contributed by atoms with Gasteiger partial charge in [0.2, 0.25) is 0 Å². The van der Waals surface area contributed by atoms with Crippen LogP contribution in [0, 0.1) is 10.8 Å². The predicted molar refractivity (Wildman–Crippen MR) is 91.1 cm³/mol. The van der Waals surface area contributed by atoms with E-state index in [0.717, 1.165) is 6.42 Å². The lowest BCUT2D eigenvalue weighted by atomic mass is 9.88. The van der Waals surface area contributed by atoms with Crippen LogP contribution >= 0.6 is 0 Å². The van der Waals surface area contributed by atoms with Crippen LogP contribution in [0.3, 0.4) is 0 Å². The fourth-order valence-electron chi connectivity index (χ4n) is 1.23. The number of aliphatic hydroxyl groups excluding tert-OH is 7. The Balaban J connectivity index is -0.000000282. The largest absolute Gasteiger partial charge is 0.396 e. The molecule has 0 heterocycles. The highest BCUT2D eigenvalue weighted by atomic mass is 16.5. The van der Waals surface area contributed by atoms with Gasteiger partial charge in [0, 0.05) is 10.8 Å². The third-order valence-electron chi connectivity index (χ3n) is 4.06. The number of aliphatic hydroxyl groups is 8. The van der Waals surface area contributed by atoms with E-state index in [4.69, 9.17) is 40.9 Å². The van der Waals surface area contributed by atoms with Gasteiger partial charge in [0.05, 0.1) is 39.6 Å². The van der Waals surface area contributed by atoms with Gasteiger partial charge in [-0.3, -0.25) is 0 Å². The van der Waals surface area contributed by atoms with Crippen molar-refractivity contribution in [2.45, 2.75) is 52.7 Å². The summed E-state index contributed by atoms with van der Waals surface area (Å²) in [6.07, 6.45) is 1.40. The van der Waals surface area contributed by atoms with Gasteiger partial charge in [-0.25, -0.2) is 0 Å². The maximum absolute atomic E-state index is 8.66. The first-order chi connectivity index (χ1) is 11.3. The Morgan fingerprint density at radius 3 is 0.833 bits per heavy atom. The van der Waals surface area contributed by atoms with Gasteiger partial charge in [-0.15, -0.1) is 0 Å². The molecule has 0 bridgehead atoms. The molecule has 0 saturated carbocycles. The smallest absolute Gasteiger partial charge is 0.151 e. The predicted octanol–water partition coefficient (Wildman–Crippen LogP) is -1.18. The van der Waals surface area contributed by atoms with E-state index >= 15 is 0 Å². The molecule has 0 aromatic rings. The molecule has 8 N–H and O–H groups in total. The van der Waals surface area contributed by atoms with Gasteiger partial charge in [-0.2, -0.15) is 0 Å². The van der Waals surface area contributed by atoms with Crippen LogP contribution in [0.15, 0.2) is 0 Å². The third-order valence-corrected chi connectivity index (χ3v) is 4.06. The van der Waals surface area contributed by atoms with Crippen LogP contribution in [-0.4, -0.2) is 86.8 Å². The molecule has 0 fully saturated rings.